The molecule has 0 saturated carbocycles. The topological polar surface area (TPSA) is 98.5 Å². The number of hydrogen-bond acceptors (Lipinski definition) is 6. The van der Waals surface area contributed by atoms with Crippen LogP contribution >= 0.6 is 0 Å². The van der Waals surface area contributed by atoms with Crippen molar-refractivity contribution in [1.82, 2.24) is 20.3 Å². The second-order valence-corrected chi connectivity index (χ2v) is 7.57. The van der Waals surface area contributed by atoms with Gasteiger partial charge in [0.2, 0.25) is 5.91 Å². The Kier molecular flexibility index (Phi) is 7.60. The van der Waals surface area contributed by atoms with Gasteiger partial charge in [-0.15, -0.1) is 5.10 Å². The number of nitrogens with zero attached hydrogens (tertiary/aromatic N) is 3. The van der Waals surface area contributed by atoms with Gasteiger partial charge in [0.25, 0.3) is 0 Å². The number of ether oxygens (including phenoxy) is 2. The summed E-state index contributed by atoms with van der Waals surface area (Å²) in [5, 5.41) is 21.1. The van der Waals surface area contributed by atoms with Crippen LogP contribution in [0.2, 0.25) is 0 Å². The first-order valence-corrected chi connectivity index (χ1v) is 10.2. The second kappa shape index (κ2) is 10.1. The fourth-order valence-corrected chi connectivity index (χ4v) is 3.86. The highest BCUT2D eigenvalue weighted by molar-refractivity contribution is 5.79. The molecular weight excluding hydrogens is 348 g/mol. The summed E-state index contributed by atoms with van der Waals surface area (Å²) in [7, 11) is 0. The molecule has 3 rings (SSSR count). The zero-order valence-corrected chi connectivity index (χ0v) is 16.2. The van der Waals surface area contributed by atoms with E-state index in [0.717, 1.165) is 57.2 Å². The van der Waals surface area contributed by atoms with Gasteiger partial charge in [-0.2, -0.15) is 0 Å². The molecule has 1 aromatic rings. The van der Waals surface area contributed by atoms with Gasteiger partial charge in [-0.25, -0.2) is 0 Å². The van der Waals surface area contributed by atoms with Crippen molar-refractivity contribution in [3.05, 3.63) is 11.9 Å². The van der Waals surface area contributed by atoms with Crippen LogP contribution in [0.4, 0.5) is 0 Å². The van der Waals surface area contributed by atoms with Gasteiger partial charge in [0, 0.05) is 31.9 Å². The molecule has 8 nitrogen and oxygen atoms in total. The van der Waals surface area contributed by atoms with Gasteiger partial charge < -0.3 is 19.9 Å². The van der Waals surface area contributed by atoms with Crippen LogP contribution in [-0.2, 0) is 27.2 Å². The lowest BCUT2D eigenvalue weighted by Crippen LogP contribution is -2.52. The molecule has 1 amide bonds. The maximum absolute atomic E-state index is 12.5. The van der Waals surface area contributed by atoms with Crippen LogP contribution in [0, 0.1) is 5.92 Å². The molecular formula is C19H32N4O4. The highest BCUT2D eigenvalue weighted by atomic mass is 16.5. The molecule has 0 spiro atoms. The van der Waals surface area contributed by atoms with E-state index < -0.39 is 0 Å². The maximum atomic E-state index is 12.5. The Morgan fingerprint density at radius 2 is 2.15 bits per heavy atom. The average molecular weight is 380 g/mol. The fraction of sp³-hybridized carbons (Fsp3) is 0.842. The number of aliphatic hydroxyl groups is 1. The van der Waals surface area contributed by atoms with Crippen LogP contribution in [0.15, 0.2) is 6.20 Å². The van der Waals surface area contributed by atoms with Crippen molar-refractivity contribution in [1.29, 1.82) is 0 Å². The van der Waals surface area contributed by atoms with Crippen LogP contribution in [0.3, 0.4) is 0 Å². The number of rotatable bonds is 8. The predicted octanol–water partition coefficient (Wildman–Crippen LogP) is 1.07. The molecule has 8 heteroatoms. The summed E-state index contributed by atoms with van der Waals surface area (Å²) in [6.07, 6.45) is 7.77. The van der Waals surface area contributed by atoms with E-state index in [9.17, 15) is 9.90 Å². The summed E-state index contributed by atoms with van der Waals surface area (Å²) in [4.78, 5) is 12.5. The van der Waals surface area contributed by atoms with Crippen LogP contribution < -0.4 is 5.32 Å². The van der Waals surface area contributed by atoms with Crippen LogP contribution in [0.25, 0.3) is 0 Å². The van der Waals surface area contributed by atoms with Crippen molar-refractivity contribution in [3.63, 3.8) is 0 Å². The summed E-state index contributed by atoms with van der Waals surface area (Å²) in [6, 6.07) is -0.121. The summed E-state index contributed by atoms with van der Waals surface area (Å²) < 4.78 is 13.2. The van der Waals surface area contributed by atoms with E-state index >= 15 is 0 Å². The Labute approximate surface area is 160 Å². The number of amides is 1. The van der Waals surface area contributed by atoms with E-state index in [1.165, 1.54) is 0 Å². The number of carbonyl (C=O) groups is 1. The van der Waals surface area contributed by atoms with Crippen molar-refractivity contribution in [2.75, 3.05) is 19.8 Å². The maximum Gasteiger partial charge on any atom is 0.223 e. The minimum atomic E-state index is -0.348. The Morgan fingerprint density at radius 1 is 1.33 bits per heavy atom. The summed E-state index contributed by atoms with van der Waals surface area (Å²) in [6.45, 7) is 4.08. The molecule has 0 unspecified atom stereocenters. The van der Waals surface area contributed by atoms with E-state index in [1.54, 1.807) is 0 Å². The molecule has 27 heavy (non-hydrogen) atoms. The van der Waals surface area contributed by atoms with Gasteiger partial charge >= 0.3 is 0 Å². The van der Waals surface area contributed by atoms with Gasteiger partial charge in [-0.1, -0.05) is 18.6 Å². The summed E-state index contributed by atoms with van der Waals surface area (Å²) in [5.41, 5.74) is 1.02. The molecule has 0 aliphatic carbocycles. The lowest BCUT2D eigenvalue weighted by molar-refractivity contribution is -0.134. The standard InChI is InChI=1S/C19H32N4O4/c1-2-3-15-12-23(22-21-15)9-6-16-4-5-17(18(13-24)27-16)20-19(25)14-7-10-26-11-8-14/h12,14,16-18,24H,2-11,13H2,1H3,(H,20,25)/t16-,17+,18-/m1/s1. The summed E-state index contributed by atoms with van der Waals surface area (Å²) >= 11 is 0. The second-order valence-electron chi connectivity index (χ2n) is 7.57. The zero-order valence-electron chi connectivity index (χ0n) is 16.2. The lowest BCUT2D eigenvalue weighted by Gasteiger charge is -2.37. The van der Waals surface area contributed by atoms with Crippen molar-refractivity contribution >= 4 is 5.91 Å². The number of aliphatic hydroxyl groups excluding tert-OH is 1. The van der Waals surface area contributed by atoms with E-state index in [-0.39, 0.29) is 36.7 Å². The molecule has 2 aliphatic rings. The Morgan fingerprint density at radius 3 is 2.89 bits per heavy atom. The van der Waals surface area contributed by atoms with Crippen LogP contribution in [0.1, 0.15) is 51.1 Å². The zero-order chi connectivity index (χ0) is 19.1. The first-order chi connectivity index (χ1) is 13.2. The third-order valence-electron chi connectivity index (χ3n) is 5.49. The van der Waals surface area contributed by atoms with Gasteiger partial charge in [0.15, 0.2) is 0 Å². The Hall–Kier alpha value is -1.51. The minimum absolute atomic E-state index is 0.0143. The molecule has 3 atom stereocenters. The molecule has 3 heterocycles. The van der Waals surface area contributed by atoms with Crippen molar-refractivity contribution in [2.45, 2.75) is 76.7 Å². The SMILES string of the molecule is CCCc1cn(CC[C@H]2CC[C@H](NC(=O)C3CCOCC3)[C@@H](CO)O2)nn1. The molecule has 2 saturated heterocycles. The van der Waals surface area contributed by atoms with E-state index in [4.69, 9.17) is 9.47 Å². The fourth-order valence-electron chi connectivity index (χ4n) is 3.86. The van der Waals surface area contributed by atoms with Crippen molar-refractivity contribution in [2.24, 2.45) is 5.92 Å². The molecule has 2 fully saturated rings. The van der Waals surface area contributed by atoms with Crippen LogP contribution in [-0.4, -0.2) is 64.1 Å². The monoisotopic (exact) mass is 380 g/mol. The molecule has 0 radical (unpaired) electrons. The first kappa shape index (κ1) is 20.2. The minimum Gasteiger partial charge on any atom is -0.394 e. The van der Waals surface area contributed by atoms with Gasteiger partial charge in [0.05, 0.1) is 24.4 Å². The van der Waals surface area contributed by atoms with E-state index in [1.807, 2.05) is 10.9 Å². The smallest absolute Gasteiger partial charge is 0.223 e. The number of hydrogen-bond donors (Lipinski definition) is 2. The molecule has 0 bridgehead atoms. The predicted molar refractivity (Wildman–Crippen MR) is 99.1 cm³/mol. The van der Waals surface area contributed by atoms with Gasteiger partial charge in [0.1, 0.15) is 6.10 Å². The number of aromatic nitrogens is 3. The lowest BCUT2D eigenvalue weighted by atomic mass is 9.94. The van der Waals surface area contributed by atoms with E-state index in [0.29, 0.717) is 13.2 Å². The Balaban J connectivity index is 1.44. The molecule has 1 aromatic heterocycles. The first-order valence-electron chi connectivity index (χ1n) is 10.2. The molecule has 152 valence electrons. The van der Waals surface area contributed by atoms with Gasteiger partial charge in [-0.05, 0) is 38.5 Å². The largest absolute Gasteiger partial charge is 0.394 e. The van der Waals surface area contributed by atoms with Gasteiger partial charge in [-0.3, -0.25) is 9.48 Å². The quantitative estimate of drug-likeness (QED) is 0.700. The van der Waals surface area contributed by atoms with Crippen molar-refractivity contribution in [3.8, 4) is 0 Å². The average Bonchev–Trinajstić information content (AvgIpc) is 3.15. The van der Waals surface area contributed by atoms with E-state index in [2.05, 4.69) is 22.6 Å². The highest BCUT2D eigenvalue weighted by Crippen LogP contribution is 2.23. The third kappa shape index (κ3) is 5.73. The van der Waals surface area contributed by atoms with Crippen LogP contribution in [0.5, 0.6) is 0 Å². The summed E-state index contributed by atoms with van der Waals surface area (Å²) in [5.74, 6) is 0.0790. The molecule has 0 aromatic carbocycles. The highest BCUT2D eigenvalue weighted by Gasteiger charge is 2.33. The Bertz CT molecular complexity index is 588. The van der Waals surface area contributed by atoms with Crippen molar-refractivity contribution < 1.29 is 19.4 Å². The third-order valence-corrected chi connectivity index (χ3v) is 5.49. The number of aryl methyl sites for hydroxylation is 2. The molecule has 2 N–H and O–H groups in total. The molecule has 2 aliphatic heterocycles. The number of carbonyl (C=O) groups excluding carboxylic acids is 1. The number of nitrogens with one attached hydrogen (secondary N) is 1. The normalized spacial score (nSPS) is 26.8.